The topological polar surface area (TPSA) is 65.1 Å². The second-order valence-corrected chi connectivity index (χ2v) is 6.24. The maximum Gasteiger partial charge on any atom is 0.0628 e. The van der Waals surface area contributed by atoms with E-state index in [0.29, 0.717) is 12.1 Å². The van der Waals surface area contributed by atoms with Gasteiger partial charge in [-0.3, -0.25) is 16.0 Å². The molecule has 1 aliphatic heterocycles. The van der Waals surface area contributed by atoms with Crippen LogP contribution in [-0.4, -0.2) is 28.5 Å². The normalized spacial score (nSPS) is 20.1. The summed E-state index contributed by atoms with van der Waals surface area (Å²) in [7, 11) is 2.01. The van der Waals surface area contributed by atoms with Crippen molar-refractivity contribution in [3.05, 3.63) is 17.0 Å². The summed E-state index contributed by atoms with van der Waals surface area (Å²) in [5.41, 5.74) is 6.76. The molecule has 1 fully saturated rings. The monoisotopic (exact) mass is 294 g/mol. The first-order valence-electron chi connectivity index (χ1n) is 8.18. The van der Waals surface area contributed by atoms with Crippen LogP contribution in [0, 0.1) is 13.8 Å². The average Bonchev–Trinajstić information content (AvgIpc) is 3.05. The van der Waals surface area contributed by atoms with Crippen LogP contribution in [0.5, 0.6) is 0 Å². The van der Waals surface area contributed by atoms with Crippen molar-refractivity contribution in [1.82, 2.24) is 15.2 Å². The van der Waals surface area contributed by atoms with E-state index in [0.717, 1.165) is 31.6 Å². The lowest BCUT2D eigenvalue weighted by Gasteiger charge is -2.17. The van der Waals surface area contributed by atoms with Crippen molar-refractivity contribution in [3.8, 4) is 0 Å². The number of nitrogens with one attached hydrogen (secondary N) is 1. The molecule has 2 heterocycles. The minimum Gasteiger partial charge on any atom is -0.378 e. The van der Waals surface area contributed by atoms with Gasteiger partial charge in [-0.15, -0.1) is 0 Å². The van der Waals surface area contributed by atoms with Gasteiger partial charge in [0.25, 0.3) is 0 Å². The number of hydrogen-bond acceptors (Lipinski definition) is 4. The van der Waals surface area contributed by atoms with E-state index in [1.54, 1.807) is 0 Å². The van der Waals surface area contributed by atoms with Gasteiger partial charge in [0.2, 0.25) is 0 Å². The zero-order valence-corrected chi connectivity index (χ0v) is 13.7. The number of aromatic nitrogens is 2. The van der Waals surface area contributed by atoms with Gasteiger partial charge in [0.15, 0.2) is 0 Å². The predicted molar refractivity (Wildman–Crippen MR) is 84.9 cm³/mol. The minimum atomic E-state index is 0.380. The number of aryl methyl sites for hydroxylation is 2. The highest BCUT2D eigenvalue weighted by Crippen LogP contribution is 2.20. The van der Waals surface area contributed by atoms with Crippen LogP contribution in [0.25, 0.3) is 0 Å². The Labute approximate surface area is 128 Å². The molecule has 2 atom stereocenters. The summed E-state index contributed by atoms with van der Waals surface area (Å²) in [5, 5.41) is 4.48. The fraction of sp³-hybridized carbons (Fsp3) is 0.812. The van der Waals surface area contributed by atoms with E-state index in [9.17, 15) is 0 Å². The van der Waals surface area contributed by atoms with Crippen molar-refractivity contribution in [3.63, 3.8) is 0 Å². The van der Waals surface area contributed by atoms with Crippen molar-refractivity contribution in [1.29, 1.82) is 0 Å². The first kappa shape index (κ1) is 16.5. The molecule has 0 aromatic carbocycles. The molecule has 2 unspecified atom stereocenters. The molecule has 0 bridgehead atoms. The first-order valence-corrected chi connectivity index (χ1v) is 8.18. The third kappa shape index (κ3) is 4.53. The van der Waals surface area contributed by atoms with Crippen LogP contribution in [0.2, 0.25) is 0 Å². The number of nitrogens with two attached hydrogens (primary N) is 1. The maximum atomic E-state index is 5.71. The van der Waals surface area contributed by atoms with Crippen molar-refractivity contribution in [2.75, 3.05) is 6.61 Å². The van der Waals surface area contributed by atoms with Crippen LogP contribution >= 0.6 is 0 Å². The molecule has 5 heteroatoms. The molecule has 120 valence electrons. The number of hydrazine groups is 1. The van der Waals surface area contributed by atoms with E-state index in [4.69, 9.17) is 10.6 Å². The van der Waals surface area contributed by atoms with Crippen molar-refractivity contribution >= 4 is 0 Å². The summed E-state index contributed by atoms with van der Waals surface area (Å²) < 4.78 is 7.63. The van der Waals surface area contributed by atoms with Crippen LogP contribution in [-0.2, 0) is 18.2 Å². The second kappa shape index (κ2) is 7.92. The quantitative estimate of drug-likeness (QED) is 0.569. The van der Waals surface area contributed by atoms with Gasteiger partial charge in [-0.25, -0.2) is 0 Å². The highest BCUT2D eigenvalue weighted by Gasteiger charge is 2.17. The Morgan fingerprint density at radius 2 is 2.24 bits per heavy atom. The lowest BCUT2D eigenvalue weighted by atomic mass is 9.99. The molecule has 0 aliphatic carbocycles. The van der Waals surface area contributed by atoms with Gasteiger partial charge in [-0.2, -0.15) is 5.10 Å². The molecule has 0 spiro atoms. The second-order valence-electron chi connectivity index (χ2n) is 6.24. The Morgan fingerprint density at radius 3 is 2.81 bits per heavy atom. The Bertz CT molecular complexity index is 438. The van der Waals surface area contributed by atoms with Crippen LogP contribution in [0.1, 0.15) is 55.5 Å². The summed E-state index contributed by atoms with van der Waals surface area (Å²) in [4.78, 5) is 0. The average molecular weight is 294 g/mol. The van der Waals surface area contributed by atoms with E-state index < -0.39 is 0 Å². The lowest BCUT2D eigenvalue weighted by molar-refractivity contribution is 0.101. The Hall–Kier alpha value is -0.910. The maximum absolute atomic E-state index is 5.71. The number of rotatable bonds is 8. The molecule has 2 rings (SSSR count). The van der Waals surface area contributed by atoms with E-state index in [2.05, 4.69) is 24.4 Å². The summed E-state index contributed by atoms with van der Waals surface area (Å²) in [5.74, 6) is 5.71. The highest BCUT2D eigenvalue weighted by molar-refractivity contribution is 5.24. The summed E-state index contributed by atoms with van der Waals surface area (Å²) in [6.07, 6.45) is 8.53. The fourth-order valence-corrected chi connectivity index (χ4v) is 3.27. The third-order valence-electron chi connectivity index (χ3n) is 4.74. The van der Waals surface area contributed by atoms with Gasteiger partial charge in [-0.05, 0) is 64.4 Å². The van der Waals surface area contributed by atoms with Crippen molar-refractivity contribution in [2.45, 2.75) is 70.9 Å². The number of ether oxygens (including phenoxy) is 1. The fourth-order valence-electron chi connectivity index (χ4n) is 3.27. The van der Waals surface area contributed by atoms with E-state index in [1.165, 1.54) is 36.9 Å². The molecule has 0 radical (unpaired) electrons. The minimum absolute atomic E-state index is 0.380. The molecule has 1 aromatic heterocycles. The molecule has 5 nitrogen and oxygen atoms in total. The van der Waals surface area contributed by atoms with Gasteiger partial charge in [-0.1, -0.05) is 0 Å². The Balaban J connectivity index is 1.73. The van der Waals surface area contributed by atoms with Crippen LogP contribution in [0.3, 0.4) is 0 Å². The van der Waals surface area contributed by atoms with Gasteiger partial charge < -0.3 is 4.74 Å². The Kier molecular flexibility index (Phi) is 6.21. The predicted octanol–water partition coefficient (Wildman–Crippen LogP) is 2.15. The summed E-state index contributed by atoms with van der Waals surface area (Å²) in [6.45, 7) is 5.17. The van der Waals surface area contributed by atoms with Crippen LogP contribution < -0.4 is 11.3 Å². The van der Waals surface area contributed by atoms with Gasteiger partial charge in [0.1, 0.15) is 0 Å². The number of nitrogens with zero attached hydrogens (tertiary/aromatic N) is 2. The van der Waals surface area contributed by atoms with E-state index in [1.807, 2.05) is 11.7 Å². The molecular weight excluding hydrogens is 264 g/mol. The van der Waals surface area contributed by atoms with Crippen molar-refractivity contribution in [2.24, 2.45) is 12.9 Å². The molecule has 21 heavy (non-hydrogen) atoms. The molecule has 1 aromatic rings. The molecular formula is C16H30N4O. The summed E-state index contributed by atoms with van der Waals surface area (Å²) >= 11 is 0. The lowest BCUT2D eigenvalue weighted by Crippen LogP contribution is -2.35. The number of hydrogen-bond donors (Lipinski definition) is 2. The molecule has 3 N–H and O–H groups in total. The molecule has 1 saturated heterocycles. The largest absolute Gasteiger partial charge is 0.378 e. The standard InChI is InChI=1S/C16H30N4O/c1-12-16(13(2)20(3)19-12)10-9-14(18-17)6-4-7-15-8-5-11-21-15/h14-15,18H,4-11,17H2,1-3H3. The molecule has 0 amide bonds. The Morgan fingerprint density at radius 1 is 1.43 bits per heavy atom. The zero-order chi connectivity index (χ0) is 15.2. The third-order valence-corrected chi connectivity index (χ3v) is 4.74. The van der Waals surface area contributed by atoms with E-state index >= 15 is 0 Å². The van der Waals surface area contributed by atoms with Gasteiger partial charge >= 0.3 is 0 Å². The van der Waals surface area contributed by atoms with Gasteiger partial charge in [0.05, 0.1) is 11.8 Å². The van der Waals surface area contributed by atoms with Crippen molar-refractivity contribution < 1.29 is 4.74 Å². The SMILES string of the molecule is Cc1nn(C)c(C)c1CCC(CCCC1CCCO1)NN. The zero-order valence-electron chi connectivity index (χ0n) is 13.7. The van der Waals surface area contributed by atoms with Crippen LogP contribution in [0.4, 0.5) is 0 Å². The first-order chi connectivity index (χ1) is 10.1. The van der Waals surface area contributed by atoms with Gasteiger partial charge in [0, 0.05) is 25.4 Å². The smallest absolute Gasteiger partial charge is 0.0628 e. The molecule has 1 aliphatic rings. The molecule has 0 saturated carbocycles. The summed E-state index contributed by atoms with van der Waals surface area (Å²) in [6, 6.07) is 0.380. The van der Waals surface area contributed by atoms with E-state index in [-0.39, 0.29) is 0 Å². The highest BCUT2D eigenvalue weighted by atomic mass is 16.5. The van der Waals surface area contributed by atoms with Crippen LogP contribution in [0.15, 0.2) is 0 Å².